The number of amides is 2. The quantitative estimate of drug-likeness (QED) is 0.825. The predicted octanol–water partition coefficient (Wildman–Crippen LogP) is 3.20. The van der Waals surface area contributed by atoms with E-state index in [4.69, 9.17) is 5.26 Å². The summed E-state index contributed by atoms with van der Waals surface area (Å²) in [5.41, 5.74) is 3.19. The molecular formula is C20H22N4O. The summed E-state index contributed by atoms with van der Waals surface area (Å²) in [7, 11) is 0. The van der Waals surface area contributed by atoms with Gasteiger partial charge in [0.1, 0.15) is 0 Å². The summed E-state index contributed by atoms with van der Waals surface area (Å²) >= 11 is 0. The van der Waals surface area contributed by atoms with Crippen molar-refractivity contribution in [2.24, 2.45) is 5.92 Å². The molecule has 1 aliphatic rings. The summed E-state index contributed by atoms with van der Waals surface area (Å²) in [5, 5.41) is 14.7. The molecule has 5 nitrogen and oxygen atoms in total. The van der Waals surface area contributed by atoms with Gasteiger partial charge in [-0.2, -0.15) is 5.26 Å². The molecule has 3 rings (SSSR count). The summed E-state index contributed by atoms with van der Waals surface area (Å²) in [4.78, 5) is 13.8. The average Bonchev–Trinajstić information content (AvgIpc) is 3.09. The fraction of sp³-hybridized carbons (Fsp3) is 0.300. The number of nitrogens with one attached hydrogen (secondary N) is 2. The van der Waals surface area contributed by atoms with E-state index in [1.165, 1.54) is 5.56 Å². The molecule has 1 heterocycles. The largest absolute Gasteiger partial charge is 0.338 e. The van der Waals surface area contributed by atoms with Crippen LogP contribution in [0.2, 0.25) is 0 Å². The summed E-state index contributed by atoms with van der Waals surface area (Å²) in [6.45, 7) is 2.10. The Morgan fingerprint density at radius 2 is 1.96 bits per heavy atom. The van der Waals surface area contributed by atoms with Crippen molar-refractivity contribution >= 4 is 11.7 Å². The van der Waals surface area contributed by atoms with Crippen LogP contribution in [-0.4, -0.2) is 30.6 Å². The molecule has 2 amide bonds. The number of carbonyl (C=O) groups excluding carboxylic acids is 1. The molecule has 5 heteroatoms. The number of nitriles is 1. The molecule has 0 bridgehead atoms. The van der Waals surface area contributed by atoms with Gasteiger partial charge in [-0.3, -0.25) is 0 Å². The lowest BCUT2D eigenvalue weighted by Crippen LogP contribution is -2.33. The Bertz CT molecular complexity index is 754. The molecule has 0 saturated carbocycles. The van der Waals surface area contributed by atoms with E-state index >= 15 is 0 Å². The van der Waals surface area contributed by atoms with Crippen LogP contribution in [0, 0.1) is 17.4 Å². The van der Waals surface area contributed by atoms with Crippen molar-refractivity contribution in [2.75, 3.05) is 25.0 Å². The Morgan fingerprint density at radius 1 is 1.16 bits per heavy atom. The van der Waals surface area contributed by atoms with E-state index in [9.17, 15) is 4.79 Å². The van der Waals surface area contributed by atoms with Gasteiger partial charge in [0.25, 0.3) is 0 Å². The van der Waals surface area contributed by atoms with Gasteiger partial charge in [0.05, 0.1) is 0 Å². The van der Waals surface area contributed by atoms with E-state index in [1.54, 1.807) is 4.90 Å². The van der Waals surface area contributed by atoms with Gasteiger partial charge in [0.2, 0.25) is 0 Å². The van der Waals surface area contributed by atoms with Gasteiger partial charge in [-0.05, 0) is 42.0 Å². The summed E-state index contributed by atoms with van der Waals surface area (Å²) in [6, 6.07) is 18.0. The van der Waals surface area contributed by atoms with Gasteiger partial charge < -0.3 is 15.5 Å². The highest BCUT2D eigenvalue weighted by Crippen LogP contribution is 2.16. The summed E-state index contributed by atoms with van der Waals surface area (Å²) < 4.78 is 0. The molecule has 25 heavy (non-hydrogen) atoms. The monoisotopic (exact) mass is 334 g/mol. The summed E-state index contributed by atoms with van der Waals surface area (Å²) in [6.07, 6.45) is 3.93. The van der Waals surface area contributed by atoms with Gasteiger partial charge >= 0.3 is 6.03 Å². The van der Waals surface area contributed by atoms with Gasteiger partial charge in [0.15, 0.2) is 6.19 Å². The maximum Gasteiger partial charge on any atom is 0.319 e. The van der Waals surface area contributed by atoms with E-state index in [-0.39, 0.29) is 6.03 Å². The molecule has 1 fully saturated rings. The molecule has 128 valence electrons. The van der Waals surface area contributed by atoms with Crippen molar-refractivity contribution in [3.63, 3.8) is 0 Å². The zero-order chi connectivity index (χ0) is 17.5. The minimum Gasteiger partial charge on any atom is -0.338 e. The molecule has 2 aromatic rings. The van der Waals surface area contributed by atoms with Gasteiger partial charge in [-0.1, -0.05) is 42.5 Å². The molecule has 1 unspecified atom stereocenters. The van der Waals surface area contributed by atoms with Crippen LogP contribution in [0.5, 0.6) is 0 Å². The van der Waals surface area contributed by atoms with E-state index < -0.39 is 0 Å². The maximum atomic E-state index is 12.1. The van der Waals surface area contributed by atoms with E-state index in [1.807, 2.05) is 36.4 Å². The van der Waals surface area contributed by atoms with Crippen LogP contribution in [0.25, 0.3) is 0 Å². The SMILES string of the molecule is N#CN1CCC(CNC(=O)Nc2cccc(Cc3ccccc3)c2)C1. The summed E-state index contributed by atoms with van der Waals surface area (Å²) in [5.74, 6) is 0.342. The first-order valence-electron chi connectivity index (χ1n) is 8.55. The van der Waals surface area contributed by atoms with Crippen molar-refractivity contribution in [3.05, 3.63) is 65.7 Å². The van der Waals surface area contributed by atoms with Crippen LogP contribution in [0.1, 0.15) is 17.5 Å². The fourth-order valence-electron chi connectivity index (χ4n) is 3.09. The van der Waals surface area contributed by atoms with Crippen molar-refractivity contribution in [1.82, 2.24) is 10.2 Å². The Labute approximate surface area is 148 Å². The third-order valence-corrected chi connectivity index (χ3v) is 4.41. The normalized spacial score (nSPS) is 16.3. The van der Waals surface area contributed by atoms with Crippen molar-refractivity contribution in [3.8, 4) is 6.19 Å². The zero-order valence-corrected chi connectivity index (χ0v) is 14.1. The molecule has 2 N–H and O–H groups in total. The van der Waals surface area contributed by atoms with Crippen LogP contribution < -0.4 is 10.6 Å². The van der Waals surface area contributed by atoms with E-state index in [2.05, 4.69) is 35.0 Å². The van der Waals surface area contributed by atoms with Crippen LogP contribution >= 0.6 is 0 Å². The number of hydrogen-bond acceptors (Lipinski definition) is 3. The molecule has 1 atom stereocenters. The van der Waals surface area contributed by atoms with Crippen LogP contribution in [0.15, 0.2) is 54.6 Å². The Morgan fingerprint density at radius 3 is 2.72 bits per heavy atom. The highest BCUT2D eigenvalue weighted by Gasteiger charge is 2.21. The number of likely N-dealkylation sites (tertiary alicyclic amines) is 1. The first kappa shape index (κ1) is 16.8. The fourth-order valence-corrected chi connectivity index (χ4v) is 3.09. The standard InChI is InChI=1S/C20H22N4O/c21-15-24-10-9-18(14-24)13-22-20(25)23-19-8-4-7-17(12-19)11-16-5-2-1-3-6-16/h1-8,12,18H,9-11,13-14H2,(H2,22,23,25). The van der Waals surface area contributed by atoms with Crippen LogP contribution in [0.4, 0.5) is 10.5 Å². The molecule has 1 saturated heterocycles. The molecule has 0 radical (unpaired) electrons. The molecule has 2 aromatic carbocycles. The topological polar surface area (TPSA) is 68.2 Å². The third-order valence-electron chi connectivity index (χ3n) is 4.41. The van der Waals surface area contributed by atoms with Crippen LogP contribution in [-0.2, 0) is 6.42 Å². The molecule has 0 aromatic heterocycles. The highest BCUT2D eigenvalue weighted by molar-refractivity contribution is 5.89. The minimum atomic E-state index is -0.202. The van der Waals surface area contributed by atoms with E-state index in [0.717, 1.165) is 37.2 Å². The molecule has 0 spiro atoms. The predicted molar refractivity (Wildman–Crippen MR) is 98.0 cm³/mol. The van der Waals surface area contributed by atoms with Gasteiger partial charge in [0, 0.05) is 25.3 Å². The number of rotatable bonds is 5. The second-order valence-corrected chi connectivity index (χ2v) is 6.40. The number of urea groups is 1. The minimum absolute atomic E-state index is 0.202. The highest BCUT2D eigenvalue weighted by atomic mass is 16.2. The number of nitrogens with zero attached hydrogens (tertiary/aromatic N) is 2. The third kappa shape index (κ3) is 4.98. The zero-order valence-electron chi connectivity index (χ0n) is 14.1. The lowest BCUT2D eigenvalue weighted by Gasteiger charge is -2.12. The number of anilines is 1. The first-order chi connectivity index (χ1) is 12.2. The lowest BCUT2D eigenvalue weighted by molar-refractivity contribution is 0.250. The Balaban J connectivity index is 1.50. The molecular weight excluding hydrogens is 312 g/mol. The average molecular weight is 334 g/mol. The second-order valence-electron chi connectivity index (χ2n) is 6.40. The lowest BCUT2D eigenvalue weighted by atomic mass is 10.0. The second kappa shape index (κ2) is 8.20. The molecule has 0 aliphatic carbocycles. The van der Waals surface area contributed by atoms with Crippen molar-refractivity contribution < 1.29 is 4.79 Å². The molecule has 1 aliphatic heterocycles. The van der Waals surface area contributed by atoms with Gasteiger partial charge in [-0.25, -0.2) is 4.79 Å². The Kier molecular flexibility index (Phi) is 5.53. The number of carbonyl (C=O) groups is 1. The smallest absolute Gasteiger partial charge is 0.319 e. The van der Waals surface area contributed by atoms with Gasteiger partial charge in [-0.15, -0.1) is 0 Å². The first-order valence-corrected chi connectivity index (χ1v) is 8.55. The van der Waals surface area contributed by atoms with Crippen LogP contribution in [0.3, 0.4) is 0 Å². The number of benzene rings is 2. The van der Waals surface area contributed by atoms with E-state index in [0.29, 0.717) is 12.5 Å². The van der Waals surface area contributed by atoms with Crippen molar-refractivity contribution in [2.45, 2.75) is 12.8 Å². The maximum absolute atomic E-state index is 12.1. The Hall–Kier alpha value is -3.00. The number of hydrogen-bond donors (Lipinski definition) is 2. The van der Waals surface area contributed by atoms with Crippen molar-refractivity contribution in [1.29, 1.82) is 5.26 Å².